The first-order valence-corrected chi connectivity index (χ1v) is 6.29. The molecule has 0 spiro atoms. The second-order valence-corrected chi connectivity index (χ2v) is 4.59. The molecule has 0 aromatic heterocycles. The van der Waals surface area contributed by atoms with Crippen molar-refractivity contribution in [1.82, 2.24) is 0 Å². The summed E-state index contributed by atoms with van der Waals surface area (Å²) >= 11 is 0. The average molecular weight is 305 g/mol. The van der Waals surface area contributed by atoms with Crippen molar-refractivity contribution < 1.29 is 38.4 Å². The van der Waals surface area contributed by atoms with Crippen LogP contribution in [-0.2, 0) is 33.3 Å². The minimum Gasteiger partial charge on any atom is -0.463 e. The minimum atomic E-state index is -1.46. The Morgan fingerprint density at radius 1 is 1.05 bits per heavy atom. The molecule has 21 heavy (non-hydrogen) atoms. The third-order valence-corrected chi connectivity index (χ3v) is 2.77. The third kappa shape index (κ3) is 4.96. The van der Waals surface area contributed by atoms with E-state index in [4.69, 9.17) is 24.7 Å². The molecule has 0 bridgehead atoms. The molecule has 1 fully saturated rings. The summed E-state index contributed by atoms with van der Waals surface area (Å²) in [6.07, 6.45) is -4.67. The molecule has 0 radical (unpaired) electrons. The highest BCUT2D eigenvalue weighted by molar-refractivity contribution is 5.67. The van der Waals surface area contributed by atoms with Crippen LogP contribution in [-0.4, -0.2) is 60.3 Å². The van der Waals surface area contributed by atoms with Crippen molar-refractivity contribution in [2.45, 2.75) is 51.4 Å². The van der Waals surface area contributed by atoms with Gasteiger partial charge in [0.05, 0.1) is 6.04 Å². The van der Waals surface area contributed by atoms with Gasteiger partial charge in [-0.1, -0.05) is 0 Å². The van der Waals surface area contributed by atoms with Crippen LogP contribution in [0.25, 0.3) is 0 Å². The molecular weight excluding hydrogens is 286 g/mol. The third-order valence-electron chi connectivity index (χ3n) is 2.77. The Labute approximate surface area is 121 Å². The van der Waals surface area contributed by atoms with Crippen molar-refractivity contribution in [3.63, 3.8) is 0 Å². The Hall–Kier alpha value is -1.71. The smallest absolute Gasteiger partial charge is 0.303 e. The molecule has 1 rings (SSSR count). The van der Waals surface area contributed by atoms with Crippen molar-refractivity contribution in [2.75, 3.05) is 6.61 Å². The van der Waals surface area contributed by atoms with Crippen molar-refractivity contribution in [2.24, 2.45) is 5.73 Å². The van der Waals surface area contributed by atoms with Gasteiger partial charge >= 0.3 is 17.9 Å². The van der Waals surface area contributed by atoms with E-state index < -0.39 is 48.6 Å². The van der Waals surface area contributed by atoms with Gasteiger partial charge in [-0.15, -0.1) is 0 Å². The van der Waals surface area contributed by atoms with E-state index in [1.807, 2.05) is 0 Å². The van der Waals surface area contributed by atoms with Gasteiger partial charge in [-0.05, 0) is 0 Å². The largest absolute Gasteiger partial charge is 0.463 e. The Morgan fingerprint density at radius 3 is 2.05 bits per heavy atom. The number of carbonyl (C=O) groups excluding carboxylic acids is 3. The summed E-state index contributed by atoms with van der Waals surface area (Å²) in [5.41, 5.74) is 5.70. The fraction of sp³-hybridized carbons (Fsp3) is 0.750. The monoisotopic (exact) mass is 305 g/mol. The molecule has 1 aliphatic rings. The molecule has 0 saturated carbocycles. The van der Waals surface area contributed by atoms with E-state index in [0.29, 0.717) is 0 Å². The molecule has 0 aromatic carbocycles. The van der Waals surface area contributed by atoms with Gasteiger partial charge in [0.1, 0.15) is 12.7 Å². The number of aliphatic hydroxyl groups is 1. The second-order valence-electron chi connectivity index (χ2n) is 4.59. The molecule has 3 N–H and O–H groups in total. The topological polar surface area (TPSA) is 134 Å². The molecule has 1 aliphatic heterocycles. The second kappa shape index (κ2) is 7.34. The molecule has 9 nitrogen and oxygen atoms in total. The molecule has 1 saturated heterocycles. The van der Waals surface area contributed by atoms with Crippen LogP contribution in [0.4, 0.5) is 0 Å². The van der Waals surface area contributed by atoms with Gasteiger partial charge in [0, 0.05) is 20.8 Å². The zero-order chi connectivity index (χ0) is 16.2. The van der Waals surface area contributed by atoms with E-state index in [0.717, 1.165) is 13.8 Å². The number of ether oxygens (including phenoxy) is 4. The highest BCUT2D eigenvalue weighted by Gasteiger charge is 2.48. The summed E-state index contributed by atoms with van der Waals surface area (Å²) in [5, 5.41) is 9.73. The van der Waals surface area contributed by atoms with Gasteiger partial charge in [-0.25, -0.2) is 0 Å². The lowest BCUT2D eigenvalue weighted by Gasteiger charge is -2.41. The summed E-state index contributed by atoms with van der Waals surface area (Å²) in [6.45, 7) is 3.22. The number of esters is 3. The lowest BCUT2D eigenvalue weighted by molar-refractivity contribution is -0.260. The van der Waals surface area contributed by atoms with Crippen molar-refractivity contribution in [3.05, 3.63) is 0 Å². The first-order chi connectivity index (χ1) is 9.72. The zero-order valence-electron chi connectivity index (χ0n) is 12.0. The molecule has 0 aliphatic carbocycles. The van der Waals surface area contributed by atoms with Gasteiger partial charge in [-0.3, -0.25) is 14.4 Å². The maximum atomic E-state index is 11.2. The van der Waals surface area contributed by atoms with E-state index in [9.17, 15) is 19.5 Å². The van der Waals surface area contributed by atoms with E-state index in [1.165, 1.54) is 6.92 Å². The fourth-order valence-electron chi connectivity index (χ4n) is 1.95. The molecule has 9 heteroatoms. The standard InChI is InChI=1S/C12H19NO8/c1-5(14)18-4-8-10(19-6(2)15)11(20-7(3)16)9(13)12(17)21-8/h8-12,17H,4,13H2,1-3H3/t8-,9-,10+,11-,12-/m1/s1. The normalized spacial score (nSPS) is 32.1. The Bertz CT molecular complexity index is 412. The Morgan fingerprint density at radius 2 is 1.57 bits per heavy atom. The molecular formula is C12H19NO8. The number of nitrogens with two attached hydrogens (primary N) is 1. The first-order valence-electron chi connectivity index (χ1n) is 6.29. The van der Waals surface area contributed by atoms with Crippen LogP contribution in [0.1, 0.15) is 20.8 Å². The molecule has 0 aromatic rings. The summed E-state index contributed by atoms with van der Waals surface area (Å²) in [4.78, 5) is 33.2. The summed E-state index contributed by atoms with van der Waals surface area (Å²) < 4.78 is 20.0. The van der Waals surface area contributed by atoms with Crippen molar-refractivity contribution in [1.29, 1.82) is 0 Å². The fourth-order valence-corrected chi connectivity index (χ4v) is 1.95. The van der Waals surface area contributed by atoms with Crippen LogP contribution < -0.4 is 5.73 Å². The average Bonchev–Trinajstić information content (AvgIpc) is 2.35. The lowest BCUT2D eigenvalue weighted by Crippen LogP contribution is -2.64. The molecule has 1 heterocycles. The Balaban J connectivity index is 2.94. The summed E-state index contributed by atoms with van der Waals surface area (Å²) in [7, 11) is 0. The van der Waals surface area contributed by atoms with Crippen LogP contribution >= 0.6 is 0 Å². The molecule has 5 atom stereocenters. The van der Waals surface area contributed by atoms with E-state index in [2.05, 4.69) is 0 Å². The number of rotatable bonds is 4. The number of aliphatic hydroxyl groups excluding tert-OH is 1. The Kier molecular flexibility index (Phi) is 6.06. The van der Waals surface area contributed by atoms with Gasteiger partial charge in [0.25, 0.3) is 0 Å². The van der Waals surface area contributed by atoms with Gasteiger partial charge in [0.2, 0.25) is 0 Å². The van der Waals surface area contributed by atoms with Crippen LogP contribution in [0.15, 0.2) is 0 Å². The lowest BCUT2D eigenvalue weighted by atomic mass is 9.97. The van der Waals surface area contributed by atoms with Gasteiger partial charge in [-0.2, -0.15) is 0 Å². The van der Waals surface area contributed by atoms with Crippen LogP contribution in [0.5, 0.6) is 0 Å². The van der Waals surface area contributed by atoms with Crippen LogP contribution in [0.3, 0.4) is 0 Å². The molecule has 0 unspecified atom stereocenters. The SMILES string of the molecule is CC(=O)OC[C@H]1O[C@@H](O)[C@H](N)[C@@H](OC(C)=O)[C@H]1OC(C)=O. The van der Waals surface area contributed by atoms with Crippen molar-refractivity contribution >= 4 is 17.9 Å². The highest BCUT2D eigenvalue weighted by atomic mass is 16.7. The molecule has 0 amide bonds. The predicted octanol–water partition coefficient (Wildman–Crippen LogP) is -1.54. The van der Waals surface area contributed by atoms with Gasteiger partial charge < -0.3 is 29.8 Å². The quantitative estimate of drug-likeness (QED) is 0.468. The van der Waals surface area contributed by atoms with Gasteiger partial charge in [0.15, 0.2) is 18.5 Å². The zero-order valence-corrected chi connectivity index (χ0v) is 12.0. The maximum Gasteiger partial charge on any atom is 0.303 e. The van der Waals surface area contributed by atoms with Crippen LogP contribution in [0.2, 0.25) is 0 Å². The number of carbonyl (C=O) groups is 3. The van der Waals surface area contributed by atoms with E-state index in [1.54, 1.807) is 0 Å². The number of hydrogen-bond donors (Lipinski definition) is 2. The predicted molar refractivity (Wildman–Crippen MR) is 66.6 cm³/mol. The first kappa shape index (κ1) is 17.3. The van der Waals surface area contributed by atoms with E-state index in [-0.39, 0.29) is 6.61 Å². The number of hydrogen-bond acceptors (Lipinski definition) is 9. The van der Waals surface area contributed by atoms with Crippen LogP contribution in [0, 0.1) is 0 Å². The van der Waals surface area contributed by atoms with Crippen molar-refractivity contribution in [3.8, 4) is 0 Å². The summed E-state index contributed by atoms with van der Waals surface area (Å²) in [6, 6.07) is -1.10. The highest BCUT2D eigenvalue weighted by Crippen LogP contribution is 2.24. The van der Waals surface area contributed by atoms with E-state index >= 15 is 0 Å². The maximum absolute atomic E-state index is 11.2. The summed E-state index contributed by atoms with van der Waals surface area (Å²) in [5.74, 6) is -1.89. The minimum absolute atomic E-state index is 0.283. The molecule has 120 valence electrons.